The molecule has 3 nitrogen and oxygen atoms in total. The molecule has 4 fully saturated rings. The average molecular weight is 223 g/mol. The quantitative estimate of drug-likeness (QED) is 0.750. The Bertz CT molecular complexity index is 260. The van der Waals surface area contributed by atoms with Crippen molar-refractivity contribution in [2.24, 2.45) is 17.6 Å². The summed E-state index contributed by atoms with van der Waals surface area (Å²) in [6, 6.07) is 0. The van der Waals surface area contributed by atoms with Gasteiger partial charge in [0.05, 0.1) is 0 Å². The van der Waals surface area contributed by atoms with Crippen LogP contribution in [0.3, 0.4) is 0 Å². The first-order chi connectivity index (χ1) is 7.74. The van der Waals surface area contributed by atoms with Crippen LogP contribution in [0.25, 0.3) is 0 Å². The second-order valence-electron chi connectivity index (χ2n) is 6.20. The van der Waals surface area contributed by atoms with Gasteiger partial charge in [-0.3, -0.25) is 4.90 Å². The molecule has 4 aliphatic rings. The minimum absolute atomic E-state index is 0.335. The van der Waals surface area contributed by atoms with E-state index in [1.807, 2.05) is 0 Å². The van der Waals surface area contributed by atoms with Gasteiger partial charge < -0.3 is 10.6 Å². The van der Waals surface area contributed by atoms with Gasteiger partial charge in [-0.1, -0.05) is 6.92 Å². The van der Waals surface area contributed by atoms with Gasteiger partial charge in [0, 0.05) is 25.2 Å². The lowest BCUT2D eigenvalue weighted by Crippen LogP contribution is -2.69. The van der Waals surface area contributed by atoms with Crippen molar-refractivity contribution in [3.63, 3.8) is 0 Å². The molecular weight excluding hydrogens is 198 g/mol. The van der Waals surface area contributed by atoms with Gasteiger partial charge in [0.1, 0.15) is 0 Å². The maximum absolute atomic E-state index is 6.18. The number of likely N-dealkylation sites (tertiary alicyclic amines) is 1. The minimum atomic E-state index is 0.335. The van der Waals surface area contributed by atoms with E-state index in [0.717, 1.165) is 18.4 Å². The Kier molecular flexibility index (Phi) is 2.73. The summed E-state index contributed by atoms with van der Waals surface area (Å²) >= 11 is 0. The second-order valence-corrected chi connectivity index (χ2v) is 6.20. The summed E-state index contributed by atoms with van der Waals surface area (Å²) in [5.74, 6) is 1.74. The van der Waals surface area contributed by atoms with Crippen LogP contribution in [-0.4, -0.2) is 54.6 Å². The third-order valence-corrected chi connectivity index (χ3v) is 5.25. The van der Waals surface area contributed by atoms with Gasteiger partial charge in [-0.15, -0.1) is 0 Å². The van der Waals surface area contributed by atoms with Crippen molar-refractivity contribution >= 4 is 0 Å². The van der Waals surface area contributed by atoms with Crippen LogP contribution in [0.1, 0.15) is 26.2 Å². The van der Waals surface area contributed by atoms with E-state index < -0.39 is 0 Å². The van der Waals surface area contributed by atoms with Crippen molar-refractivity contribution in [3.8, 4) is 0 Å². The standard InChI is InChI=1S/C13H25N3/c1-11-2-7-16(8-11)13(9-14)10-15-5-3-12(13)4-6-15/h11-12H,2-10,14H2,1H3. The van der Waals surface area contributed by atoms with Crippen LogP contribution in [0.4, 0.5) is 0 Å². The predicted octanol–water partition coefficient (Wildman–Crippen LogP) is 0.751. The zero-order valence-corrected chi connectivity index (χ0v) is 10.5. The fourth-order valence-electron chi connectivity index (χ4n) is 4.20. The van der Waals surface area contributed by atoms with Gasteiger partial charge in [-0.05, 0) is 50.7 Å². The zero-order valence-electron chi connectivity index (χ0n) is 10.5. The Morgan fingerprint density at radius 2 is 1.94 bits per heavy atom. The van der Waals surface area contributed by atoms with Crippen LogP contribution < -0.4 is 5.73 Å². The number of piperidine rings is 3. The van der Waals surface area contributed by atoms with Crippen LogP contribution in [0.5, 0.6) is 0 Å². The topological polar surface area (TPSA) is 32.5 Å². The molecule has 4 aliphatic heterocycles. The van der Waals surface area contributed by atoms with Crippen molar-refractivity contribution in [1.29, 1.82) is 0 Å². The first-order valence-corrected chi connectivity index (χ1v) is 6.92. The third-order valence-electron chi connectivity index (χ3n) is 5.25. The van der Waals surface area contributed by atoms with Crippen molar-refractivity contribution < 1.29 is 0 Å². The summed E-state index contributed by atoms with van der Waals surface area (Å²) in [5.41, 5.74) is 6.52. The smallest absolute Gasteiger partial charge is 0.0487 e. The Balaban J connectivity index is 1.82. The Hall–Kier alpha value is -0.120. The number of hydrogen-bond acceptors (Lipinski definition) is 3. The lowest BCUT2D eigenvalue weighted by Gasteiger charge is -2.57. The van der Waals surface area contributed by atoms with Gasteiger partial charge in [0.15, 0.2) is 0 Å². The summed E-state index contributed by atoms with van der Waals surface area (Å²) in [4.78, 5) is 5.36. The molecule has 0 spiro atoms. The van der Waals surface area contributed by atoms with E-state index in [0.29, 0.717) is 5.54 Å². The monoisotopic (exact) mass is 223 g/mol. The van der Waals surface area contributed by atoms with Gasteiger partial charge >= 0.3 is 0 Å². The van der Waals surface area contributed by atoms with Crippen molar-refractivity contribution in [2.45, 2.75) is 31.7 Å². The van der Waals surface area contributed by atoms with E-state index in [2.05, 4.69) is 16.7 Å². The molecule has 0 aromatic carbocycles. The molecule has 2 N–H and O–H groups in total. The van der Waals surface area contributed by atoms with Crippen LogP contribution >= 0.6 is 0 Å². The Morgan fingerprint density at radius 1 is 1.19 bits per heavy atom. The highest BCUT2D eigenvalue weighted by molar-refractivity contribution is 5.07. The number of fused-ring (bicyclic) bond motifs is 3. The molecule has 0 aromatic rings. The fourth-order valence-corrected chi connectivity index (χ4v) is 4.20. The van der Waals surface area contributed by atoms with Crippen molar-refractivity contribution in [3.05, 3.63) is 0 Å². The summed E-state index contributed by atoms with van der Waals surface area (Å²) in [7, 11) is 0. The molecule has 92 valence electrons. The lowest BCUT2D eigenvalue weighted by atomic mass is 9.71. The van der Waals surface area contributed by atoms with Crippen molar-refractivity contribution in [1.82, 2.24) is 9.80 Å². The molecule has 2 unspecified atom stereocenters. The van der Waals surface area contributed by atoms with E-state index in [-0.39, 0.29) is 0 Å². The molecule has 3 heteroatoms. The first kappa shape index (κ1) is 11.0. The SMILES string of the molecule is CC1CCN(C2(CN)CN3CCC2CC3)C1. The molecule has 4 rings (SSSR count). The van der Waals surface area contributed by atoms with Gasteiger partial charge in [-0.2, -0.15) is 0 Å². The summed E-state index contributed by atoms with van der Waals surface area (Å²) in [5, 5.41) is 0. The number of rotatable bonds is 2. The molecule has 0 aromatic heterocycles. The molecule has 16 heavy (non-hydrogen) atoms. The summed E-state index contributed by atoms with van der Waals surface area (Å²) in [6.07, 6.45) is 4.12. The van der Waals surface area contributed by atoms with Crippen LogP contribution in [-0.2, 0) is 0 Å². The first-order valence-electron chi connectivity index (χ1n) is 6.92. The van der Waals surface area contributed by atoms with Crippen LogP contribution in [0.15, 0.2) is 0 Å². The fraction of sp³-hybridized carbons (Fsp3) is 1.00. The van der Waals surface area contributed by atoms with E-state index in [4.69, 9.17) is 5.73 Å². The molecule has 0 saturated carbocycles. The number of hydrogen-bond donors (Lipinski definition) is 1. The molecule has 2 atom stereocenters. The molecule has 0 aliphatic carbocycles. The lowest BCUT2D eigenvalue weighted by molar-refractivity contribution is -0.0585. The Morgan fingerprint density at radius 3 is 2.38 bits per heavy atom. The van der Waals surface area contributed by atoms with Gasteiger partial charge in [0.25, 0.3) is 0 Å². The molecule has 4 heterocycles. The highest BCUT2D eigenvalue weighted by Gasteiger charge is 2.50. The highest BCUT2D eigenvalue weighted by Crippen LogP contribution is 2.41. The molecule has 0 radical (unpaired) electrons. The molecule has 2 bridgehead atoms. The third kappa shape index (κ3) is 1.52. The van der Waals surface area contributed by atoms with E-state index in [1.165, 1.54) is 52.0 Å². The van der Waals surface area contributed by atoms with E-state index in [9.17, 15) is 0 Å². The number of nitrogens with zero attached hydrogens (tertiary/aromatic N) is 2. The zero-order chi connectivity index (χ0) is 11.2. The summed E-state index contributed by atoms with van der Waals surface area (Å²) < 4.78 is 0. The Labute approximate surface area is 99.0 Å². The average Bonchev–Trinajstić information content (AvgIpc) is 2.77. The van der Waals surface area contributed by atoms with Crippen molar-refractivity contribution in [2.75, 3.05) is 39.3 Å². The van der Waals surface area contributed by atoms with E-state index in [1.54, 1.807) is 0 Å². The second kappa shape index (κ2) is 3.97. The van der Waals surface area contributed by atoms with Gasteiger partial charge in [0.2, 0.25) is 0 Å². The highest BCUT2D eigenvalue weighted by atomic mass is 15.3. The van der Waals surface area contributed by atoms with Gasteiger partial charge in [-0.25, -0.2) is 0 Å². The molecule has 4 saturated heterocycles. The molecular formula is C13H25N3. The van der Waals surface area contributed by atoms with E-state index >= 15 is 0 Å². The maximum Gasteiger partial charge on any atom is 0.0487 e. The number of nitrogens with two attached hydrogens (primary N) is 1. The largest absolute Gasteiger partial charge is 0.329 e. The normalized spacial score (nSPS) is 48.8. The van der Waals surface area contributed by atoms with Crippen LogP contribution in [0.2, 0.25) is 0 Å². The summed E-state index contributed by atoms with van der Waals surface area (Å²) in [6.45, 7) is 9.67. The predicted molar refractivity (Wildman–Crippen MR) is 66.3 cm³/mol. The molecule has 0 amide bonds. The van der Waals surface area contributed by atoms with Crippen LogP contribution in [0, 0.1) is 11.8 Å². The minimum Gasteiger partial charge on any atom is -0.329 e. The maximum atomic E-state index is 6.18.